The summed E-state index contributed by atoms with van der Waals surface area (Å²) in [4.78, 5) is 9.97. The second-order valence-electron chi connectivity index (χ2n) is 8.86. The van der Waals surface area contributed by atoms with Crippen LogP contribution < -0.4 is 5.73 Å². The summed E-state index contributed by atoms with van der Waals surface area (Å²) in [5.41, 5.74) is 11.1. The first kappa shape index (κ1) is 22.5. The van der Waals surface area contributed by atoms with Crippen LogP contribution in [0.15, 0.2) is 131 Å². The topological polar surface area (TPSA) is 50.7 Å². The van der Waals surface area contributed by atoms with Crippen molar-refractivity contribution in [2.75, 3.05) is 0 Å². The van der Waals surface area contributed by atoms with Gasteiger partial charge in [-0.15, -0.1) is 0 Å². The van der Waals surface area contributed by atoms with Crippen LogP contribution in [0.5, 0.6) is 0 Å². The van der Waals surface area contributed by atoms with Crippen LogP contribution >= 0.6 is 0 Å². The maximum Gasteiger partial charge on any atom is 0.133 e. The molecule has 2 N–H and O–H groups in total. The van der Waals surface area contributed by atoms with Crippen molar-refractivity contribution in [3.05, 3.63) is 138 Å². The van der Waals surface area contributed by atoms with E-state index in [-0.39, 0.29) is 12.0 Å². The fourth-order valence-electron chi connectivity index (χ4n) is 4.41. The Balaban J connectivity index is 1.48. The molecule has 0 amide bonds. The Morgan fingerprint density at radius 1 is 0.829 bits per heavy atom. The Labute approximate surface area is 207 Å². The summed E-state index contributed by atoms with van der Waals surface area (Å²) in [6, 6.07) is 35.2. The quantitative estimate of drug-likeness (QED) is 0.248. The minimum absolute atomic E-state index is 0.0211. The molecule has 0 heterocycles. The van der Waals surface area contributed by atoms with E-state index >= 15 is 0 Å². The zero-order valence-electron chi connectivity index (χ0n) is 19.9. The molecule has 0 radical (unpaired) electrons. The first-order valence-corrected chi connectivity index (χ1v) is 12.1. The minimum Gasteiger partial charge on any atom is -0.383 e. The molecule has 0 spiro atoms. The number of hydrogen-bond acceptors (Lipinski definition) is 1. The zero-order valence-corrected chi connectivity index (χ0v) is 19.9. The van der Waals surface area contributed by atoms with Gasteiger partial charge in [0.1, 0.15) is 11.7 Å². The van der Waals surface area contributed by atoms with Gasteiger partial charge in [-0.05, 0) is 46.9 Å². The number of amidine groups is 2. The summed E-state index contributed by atoms with van der Waals surface area (Å²) in [6.07, 6.45) is 7.48. The van der Waals surface area contributed by atoms with Crippen molar-refractivity contribution in [3.8, 4) is 0 Å². The van der Waals surface area contributed by atoms with Crippen molar-refractivity contribution in [3.63, 3.8) is 0 Å². The largest absolute Gasteiger partial charge is 0.383 e. The smallest absolute Gasteiger partial charge is 0.133 e. The van der Waals surface area contributed by atoms with Crippen LogP contribution in [0.1, 0.15) is 36.1 Å². The Morgan fingerprint density at radius 2 is 1.51 bits per heavy atom. The second kappa shape index (κ2) is 10.4. The van der Waals surface area contributed by atoms with Gasteiger partial charge in [-0.3, -0.25) is 4.99 Å². The molecule has 0 aromatic heterocycles. The van der Waals surface area contributed by atoms with E-state index in [1.807, 2.05) is 42.5 Å². The number of fused-ring (bicyclic) bond motifs is 1. The highest BCUT2D eigenvalue weighted by molar-refractivity contribution is 6.08. The predicted molar refractivity (Wildman–Crippen MR) is 149 cm³/mol. The highest BCUT2D eigenvalue weighted by atomic mass is 15.0. The van der Waals surface area contributed by atoms with E-state index in [0.29, 0.717) is 5.84 Å². The molecule has 3 heteroatoms. The first-order valence-electron chi connectivity index (χ1n) is 12.1. The van der Waals surface area contributed by atoms with Gasteiger partial charge in [0.2, 0.25) is 0 Å². The van der Waals surface area contributed by atoms with Crippen LogP contribution in [0.2, 0.25) is 0 Å². The molecule has 0 fully saturated rings. The van der Waals surface area contributed by atoms with Gasteiger partial charge < -0.3 is 5.73 Å². The third-order valence-corrected chi connectivity index (χ3v) is 6.43. The molecule has 0 saturated heterocycles. The molecule has 1 unspecified atom stereocenters. The zero-order chi connectivity index (χ0) is 24.0. The van der Waals surface area contributed by atoms with E-state index in [0.717, 1.165) is 28.8 Å². The van der Waals surface area contributed by atoms with Crippen LogP contribution in [0, 0.1) is 5.92 Å². The Morgan fingerprint density at radius 3 is 2.23 bits per heavy atom. The third kappa shape index (κ3) is 5.30. The monoisotopic (exact) mass is 455 g/mol. The van der Waals surface area contributed by atoms with E-state index in [1.54, 1.807) is 0 Å². The summed E-state index contributed by atoms with van der Waals surface area (Å²) in [7, 11) is 0. The minimum atomic E-state index is -0.0211. The molecule has 1 aliphatic rings. The van der Waals surface area contributed by atoms with Gasteiger partial charge in [-0.25, -0.2) is 4.99 Å². The molecular formula is C32H29N3. The molecule has 35 heavy (non-hydrogen) atoms. The Bertz CT molecular complexity index is 1430. The molecule has 0 bridgehead atoms. The number of aliphatic imine (C=N–C) groups is 2. The summed E-state index contributed by atoms with van der Waals surface area (Å²) in [5, 5.41) is 2.33. The molecule has 3 nitrogen and oxygen atoms in total. The van der Waals surface area contributed by atoms with E-state index in [1.165, 1.54) is 16.5 Å². The fraction of sp³-hybridized carbons (Fsp3) is 0.125. The van der Waals surface area contributed by atoms with Crippen LogP contribution in [0.25, 0.3) is 16.3 Å². The lowest BCUT2D eigenvalue weighted by Gasteiger charge is -2.19. The normalized spacial score (nSPS) is 17.3. The molecule has 2 atom stereocenters. The van der Waals surface area contributed by atoms with Crippen molar-refractivity contribution < 1.29 is 0 Å². The number of nitrogens with two attached hydrogens (primary N) is 1. The molecule has 0 aliphatic heterocycles. The fourth-order valence-corrected chi connectivity index (χ4v) is 4.41. The standard InChI is InChI=1S/C32H29N3/c1-23(24-10-4-2-5-11-24)34-32(28-19-16-27(17-20-28)25-12-6-3-7-13-25)35-31(33)30-21-18-26-14-8-9-15-29(26)22-30/h2-19,21-23,28H,20H2,1H3,(H2,33,34,35)/t23-,28?/m0/s1. The van der Waals surface area contributed by atoms with Gasteiger partial charge in [0.15, 0.2) is 0 Å². The Kier molecular flexibility index (Phi) is 6.67. The highest BCUT2D eigenvalue weighted by Crippen LogP contribution is 2.27. The summed E-state index contributed by atoms with van der Waals surface area (Å²) in [6.45, 7) is 2.11. The molecule has 172 valence electrons. The molecule has 0 saturated carbocycles. The first-order chi connectivity index (χ1) is 17.2. The number of rotatable bonds is 5. The summed E-state index contributed by atoms with van der Waals surface area (Å²) < 4.78 is 0. The maximum absolute atomic E-state index is 6.56. The van der Waals surface area contributed by atoms with Crippen molar-refractivity contribution in [1.29, 1.82) is 0 Å². The third-order valence-electron chi connectivity index (χ3n) is 6.43. The summed E-state index contributed by atoms with van der Waals surface area (Å²) in [5.74, 6) is 1.31. The number of benzene rings is 4. The average molecular weight is 456 g/mol. The van der Waals surface area contributed by atoms with Crippen molar-refractivity contribution in [1.82, 2.24) is 0 Å². The van der Waals surface area contributed by atoms with Gasteiger partial charge in [-0.1, -0.05) is 115 Å². The van der Waals surface area contributed by atoms with E-state index < -0.39 is 0 Å². The molecule has 5 rings (SSSR count). The van der Waals surface area contributed by atoms with Crippen LogP contribution in [0.3, 0.4) is 0 Å². The van der Waals surface area contributed by atoms with Gasteiger partial charge in [0.25, 0.3) is 0 Å². The lowest BCUT2D eigenvalue weighted by atomic mass is 9.92. The Hall–Kier alpha value is -4.24. The number of hydrogen-bond donors (Lipinski definition) is 1. The van der Waals surface area contributed by atoms with Gasteiger partial charge in [-0.2, -0.15) is 0 Å². The number of allylic oxidation sites excluding steroid dienone is 3. The van der Waals surface area contributed by atoms with Gasteiger partial charge >= 0.3 is 0 Å². The van der Waals surface area contributed by atoms with Crippen LogP contribution in [-0.2, 0) is 0 Å². The van der Waals surface area contributed by atoms with Crippen LogP contribution in [-0.4, -0.2) is 11.7 Å². The SMILES string of the molecule is C[C@H](N=C(N=C(N)c1ccc2ccccc2c1)C1C=CC(c2ccccc2)=CC1)c1ccccc1. The summed E-state index contributed by atoms with van der Waals surface area (Å²) >= 11 is 0. The lowest BCUT2D eigenvalue weighted by Crippen LogP contribution is -2.20. The van der Waals surface area contributed by atoms with Gasteiger partial charge in [0, 0.05) is 11.5 Å². The lowest BCUT2D eigenvalue weighted by molar-refractivity contribution is 0.779. The van der Waals surface area contributed by atoms with Crippen molar-refractivity contribution >= 4 is 28.0 Å². The molecular weight excluding hydrogens is 426 g/mol. The van der Waals surface area contributed by atoms with Crippen molar-refractivity contribution in [2.45, 2.75) is 19.4 Å². The van der Waals surface area contributed by atoms with E-state index in [4.69, 9.17) is 15.7 Å². The number of nitrogens with zero attached hydrogens (tertiary/aromatic N) is 2. The van der Waals surface area contributed by atoms with Gasteiger partial charge in [0.05, 0.1) is 6.04 Å². The van der Waals surface area contributed by atoms with E-state index in [2.05, 4.69) is 85.8 Å². The van der Waals surface area contributed by atoms with Crippen LogP contribution in [0.4, 0.5) is 0 Å². The average Bonchev–Trinajstić information content (AvgIpc) is 2.93. The molecule has 4 aromatic rings. The molecule has 4 aromatic carbocycles. The highest BCUT2D eigenvalue weighted by Gasteiger charge is 2.18. The maximum atomic E-state index is 6.56. The predicted octanol–water partition coefficient (Wildman–Crippen LogP) is 7.36. The van der Waals surface area contributed by atoms with E-state index in [9.17, 15) is 0 Å². The van der Waals surface area contributed by atoms with Crippen molar-refractivity contribution in [2.24, 2.45) is 21.6 Å². The molecule has 1 aliphatic carbocycles. The second-order valence-corrected chi connectivity index (χ2v) is 8.86.